The maximum Gasteiger partial charge on any atom is 0.309 e. The molecular weight excluding hydrogens is 480 g/mol. The molecule has 0 spiro atoms. The number of carbonyl (C=O) groups excluding carboxylic acids is 3. The highest BCUT2D eigenvalue weighted by Crippen LogP contribution is 2.23. The minimum absolute atomic E-state index is 0.136. The first-order chi connectivity index (χ1) is 17.1. The van der Waals surface area contributed by atoms with Gasteiger partial charge in [-0.25, -0.2) is 0 Å². The third kappa shape index (κ3) is 6.60. The molecule has 4 N–H and O–H groups in total. The number of nitrogens with one attached hydrogen (secondary N) is 3. The van der Waals surface area contributed by atoms with E-state index in [2.05, 4.69) is 16.0 Å². The van der Waals surface area contributed by atoms with Crippen LogP contribution in [0.4, 0.5) is 5.69 Å². The third-order valence-corrected chi connectivity index (χ3v) is 6.08. The van der Waals surface area contributed by atoms with E-state index >= 15 is 0 Å². The van der Waals surface area contributed by atoms with Crippen LogP contribution < -0.4 is 20.9 Å². The molecule has 0 saturated heterocycles. The number of fused-ring (bicyclic) bond motifs is 1. The van der Waals surface area contributed by atoms with Gasteiger partial charge in [0.05, 0.1) is 0 Å². The largest absolute Gasteiger partial charge is 0.378 e. The van der Waals surface area contributed by atoms with Gasteiger partial charge in [-0.05, 0) is 58.6 Å². The molecular formula is C27H31ClN4O4. The fraction of sp³-hybridized carbons (Fsp3) is 0.296. The van der Waals surface area contributed by atoms with Gasteiger partial charge < -0.3 is 20.6 Å². The van der Waals surface area contributed by atoms with Crippen LogP contribution >= 0.6 is 11.6 Å². The number of rotatable bonds is 11. The Morgan fingerprint density at radius 2 is 1.64 bits per heavy atom. The molecule has 0 heterocycles. The Kier molecular flexibility index (Phi) is 9.03. The van der Waals surface area contributed by atoms with E-state index in [1.54, 1.807) is 12.1 Å². The first kappa shape index (κ1) is 27.1. The lowest BCUT2D eigenvalue weighted by Crippen LogP contribution is -2.70. The van der Waals surface area contributed by atoms with Crippen molar-refractivity contribution in [1.29, 1.82) is 0 Å². The molecule has 0 saturated carbocycles. The van der Waals surface area contributed by atoms with Crippen LogP contribution in [0.25, 0.3) is 10.8 Å². The van der Waals surface area contributed by atoms with E-state index in [0.717, 1.165) is 22.0 Å². The molecule has 0 aliphatic heterocycles. The molecule has 0 radical (unpaired) electrons. The van der Waals surface area contributed by atoms with Gasteiger partial charge in [0.2, 0.25) is 0 Å². The monoisotopic (exact) mass is 510 g/mol. The van der Waals surface area contributed by atoms with Crippen molar-refractivity contribution < 1.29 is 19.5 Å². The average Bonchev–Trinajstić information content (AvgIpc) is 2.87. The summed E-state index contributed by atoms with van der Waals surface area (Å²) >= 11 is 5.40. The molecule has 0 aliphatic rings. The number of benzene rings is 3. The topological polar surface area (TPSA) is 111 Å². The van der Waals surface area contributed by atoms with E-state index in [1.165, 1.54) is 0 Å². The number of hydrogen-bond donors (Lipinski definition) is 4. The standard InChI is InChI=1S/C27H31ClN4O4/c1-4-14-27(31-25(35)23(28)33,26(36)29-17-18-8-6-5-7-9-18)30-24(34)21-11-10-20-16-22(32(2)3)13-12-19(20)15-21/h5-13,15-16,26,29,36H,4,14,17H2,1-3H3,(H,30,34)(H,31,35). The molecule has 0 aliphatic carbocycles. The molecule has 2 unspecified atom stereocenters. The number of aliphatic hydroxyl groups excluding tert-OH is 1. The van der Waals surface area contributed by atoms with E-state index in [0.29, 0.717) is 12.0 Å². The zero-order valence-corrected chi connectivity index (χ0v) is 21.3. The summed E-state index contributed by atoms with van der Waals surface area (Å²) in [6.07, 6.45) is -0.812. The Morgan fingerprint density at radius 1 is 0.972 bits per heavy atom. The van der Waals surface area contributed by atoms with Crippen LogP contribution in [0.1, 0.15) is 35.7 Å². The Morgan fingerprint density at radius 3 is 2.28 bits per heavy atom. The van der Waals surface area contributed by atoms with Crippen molar-refractivity contribution in [3.8, 4) is 0 Å². The van der Waals surface area contributed by atoms with Crippen LogP contribution in [0.3, 0.4) is 0 Å². The van der Waals surface area contributed by atoms with E-state index in [9.17, 15) is 19.5 Å². The number of amides is 2. The summed E-state index contributed by atoms with van der Waals surface area (Å²) in [4.78, 5) is 39.2. The molecule has 3 aromatic carbocycles. The SMILES string of the molecule is CCCC(NC(=O)C(=O)Cl)(NC(=O)c1ccc2cc(N(C)C)ccc2c1)C(O)NCc1ccccc1. The number of hydrogen-bond acceptors (Lipinski definition) is 6. The Balaban J connectivity index is 1.90. The highest BCUT2D eigenvalue weighted by Gasteiger charge is 2.41. The summed E-state index contributed by atoms with van der Waals surface area (Å²) in [7, 11) is 3.90. The number of nitrogens with zero attached hydrogens (tertiary/aromatic N) is 1. The number of aliphatic hydroxyl groups is 1. The van der Waals surface area contributed by atoms with E-state index in [1.807, 2.05) is 80.5 Å². The zero-order valence-electron chi connectivity index (χ0n) is 20.5. The van der Waals surface area contributed by atoms with Crippen molar-refractivity contribution in [2.75, 3.05) is 19.0 Å². The summed E-state index contributed by atoms with van der Waals surface area (Å²) in [6, 6.07) is 20.5. The second kappa shape index (κ2) is 12.0. The fourth-order valence-corrected chi connectivity index (χ4v) is 4.03. The smallest absolute Gasteiger partial charge is 0.309 e. The summed E-state index contributed by atoms with van der Waals surface area (Å²) < 4.78 is 0. The average molecular weight is 511 g/mol. The molecule has 0 aromatic heterocycles. The van der Waals surface area contributed by atoms with Gasteiger partial charge in [0.25, 0.3) is 5.91 Å². The third-order valence-electron chi connectivity index (χ3n) is 5.91. The molecule has 2 amide bonds. The van der Waals surface area contributed by atoms with E-state index in [-0.39, 0.29) is 13.0 Å². The second-order valence-corrected chi connectivity index (χ2v) is 9.16. The van der Waals surface area contributed by atoms with Gasteiger partial charge in [-0.1, -0.05) is 55.8 Å². The molecule has 0 bridgehead atoms. The van der Waals surface area contributed by atoms with Crippen LogP contribution in [0.5, 0.6) is 0 Å². The highest BCUT2D eigenvalue weighted by molar-refractivity contribution is 6.80. The first-order valence-corrected chi connectivity index (χ1v) is 12.0. The molecule has 9 heteroatoms. The van der Waals surface area contributed by atoms with Crippen molar-refractivity contribution in [2.24, 2.45) is 0 Å². The number of halogens is 1. The summed E-state index contributed by atoms with van der Waals surface area (Å²) in [5.41, 5.74) is 0.566. The van der Waals surface area contributed by atoms with Crippen molar-refractivity contribution in [1.82, 2.24) is 16.0 Å². The normalized spacial score (nSPS) is 13.5. The minimum Gasteiger partial charge on any atom is -0.378 e. The molecule has 3 aromatic rings. The quantitative estimate of drug-likeness (QED) is 0.179. The molecule has 190 valence electrons. The van der Waals surface area contributed by atoms with Crippen molar-refractivity contribution in [3.05, 3.63) is 77.9 Å². The van der Waals surface area contributed by atoms with Crippen molar-refractivity contribution >= 4 is 45.1 Å². The predicted octanol–water partition coefficient (Wildman–Crippen LogP) is 3.12. The van der Waals surface area contributed by atoms with Crippen LogP contribution in [0, 0.1) is 0 Å². The summed E-state index contributed by atoms with van der Waals surface area (Å²) in [6.45, 7) is 2.09. The predicted molar refractivity (Wildman–Crippen MR) is 142 cm³/mol. The maximum atomic E-state index is 13.4. The number of carbonyl (C=O) groups is 3. The van der Waals surface area contributed by atoms with Gasteiger partial charge in [0.15, 0.2) is 5.66 Å². The highest BCUT2D eigenvalue weighted by atomic mass is 35.5. The number of anilines is 1. The Bertz CT molecular complexity index is 1230. The lowest BCUT2D eigenvalue weighted by atomic mass is 9.99. The lowest BCUT2D eigenvalue weighted by Gasteiger charge is -2.39. The van der Waals surface area contributed by atoms with E-state index < -0.39 is 28.9 Å². The minimum atomic E-state index is -1.69. The van der Waals surface area contributed by atoms with Gasteiger partial charge in [0, 0.05) is 31.9 Å². The van der Waals surface area contributed by atoms with Crippen LogP contribution in [-0.2, 0) is 16.1 Å². The molecule has 36 heavy (non-hydrogen) atoms. The molecule has 8 nitrogen and oxygen atoms in total. The second-order valence-electron chi connectivity index (χ2n) is 8.81. The molecule has 2 atom stereocenters. The van der Waals surface area contributed by atoms with Crippen LogP contribution in [0.15, 0.2) is 66.7 Å². The van der Waals surface area contributed by atoms with Gasteiger partial charge in [-0.2, -0.15) is 0 Å². The van der Waals surface area contributed by atoms with Crippen LogP contribution in [-0.4, -0.2) is 48.1 Å². The van der Waals surface area contributed by atoms with Gasteiger partial charge in [0.1, 0.15) is 6.23 Å². The maximum absolute atomic E-state index is 13.4. The molecule has 0 fully saturated rings. The lowest BCUT2D eigenvalue weighted by molar-refractivity contribution is -0.136. The summed E-state index contributed by atoms with van der Waals surface area (Å²) in [5, 5.41) is 19.9. The summed E-state index contributed by atoms with van der Waals surface area (Å²) in [5.74, 6) is -1.65. The van der Waals surface area contributed by atoms with Gasteiger partial charge in [-0.15, -0.1) is 0 Å². The van der Waals surface area contributed by atoms with Gasteiger partial charge in [-0.3, -0.25) is 19.7 Å². The van der Waals surface area contributed by atoms with E-state index in [4.69, 9.17) is 11.6 Å². The van der Waals surface area contributed by atoms with Crippen molar-refractivity contribution in [3.63, 3.8) is 0 Å². The zero-order chi connectivity index (χ0) is 26.3. The first-order valence-electron chi connectivity index (χ1n) is 11.7. The Labute approximate surface area is 215 Å². The molecule has 3 rings (SSSR count). The van der Waals surface area contributed by atoms with Gasteiger partial charge >= 0.3 is 11.1 Å². The van der Waals surface area contributed by atoms with Crippen molar-refractivity contribution in [2.45, 2.75) is 38.2 Å². The Hall–Kier alpha value is -3.46. The van der Waals surface area contributed by atoms with Crippen LogP contribution in [0.2, 0.25) is 0 Å². The fourth-order valence-electron chi connectivity index (χ4n) is 3.99.